The molecule has 90 valence electrons. The largest absolute Gasteiger partial charge is 0.324 e. The number of nitrogens with zero attached hydrogens (tertiary/aromatic N) is 3. The minimum absolute atomic E-state index is 0.201. The molecule has 2 N–H and O–H groups in total. The Labute approximate surface area is 99.3 Å². The van der Waals surface area contributed by atoms with Gasteiger partial charge in [-0.2, -0.15) is 5.10 Å². The second-order valence-electron chi connectivity index (χ2n) is 4.03. The van der Waals surface area contributed by atoms with Crippen molar-refractivity contribution < 1.29 is 4.39 Å². The summed E-state index contributed by atoms with van der Waals surface area (Å²) < 4.78 is 14.8. The van der Waals surface area contributed by atoms with Crippen LogP contribution in [-0.4, -0.2) is 14.8 Å². The van der Waals surface area contributed by atoms with Crippen LogP contribution in [0.2, 0.25) is 0 Å². The van der Waals surface area contributed by atoms with Crippen molar-refractivity contribution in [3.05, 3.63) is 47.8 Å². The number of pyridine rings is 1. The number of hydrogen-bond acceptors (Lipinski definition) is 3. The number of nitrogens with two attached hydrogens (primary N) is 1. The number of aryl methyl sites for hydroxylation is 2. The van der Waals surface area contributed by atoms with E-state index in [2.05, 4.69) is 10.1 Å². The number of rotatable bonds is 4. The average molecular weight is 234 g/mol. The van der Waals surface area contributed by atoms with Gasteiger partial charge in [0.1, 0.15) is 5.82 Å². The summed E-state index contributed by atoms with van der Waals surface area (Å²) in [4.78, 5) is 3.80. The molecule has 0 aliphatic heterocycles. The molecule has 2 heterocycles. The van der Waals surface area contributed by atoms with Crippen molar-refractivity contribution in [3.8, 4) is 0 Å². The molecule has 2 aromatic heterocycles. The summed E-state index contributed by atoms with van der Waals surface area (Å²) in [6.45, 7) is 0. The highest BCUT2D eigenvalue weighted by molar-refractivity contribution is 5.15. The van der Waals surface area contributed by atoms with Gasteiger partial charge in [-0.05, 0) is 30.5 Å². The van der Waals surface area contributed by atoms with Crippen LogP contribution in [0.25, 0.3) is 0 Å². The van der Waals surface area contributed by atoms with E-state index in [-0.39, 0.29) is 11.9 Å². The fraction of sp³-hybridized carbons (Fsp3) is 0.333. The molecule has 2 rings (SSSR count). The van der Waals surface area contributed by atoms with Crippen molar-refractivity contribution in [1.29, 1.82) is 0 Å². The molecule has 0 amide bonds. The first-order valence-electron chi connectivity index (χ1n) is 5.49. The quantitative estimate of drug-likeness (QED) is 0.874. The third kappa shape index (κ3) is 2.88. The number of halogens is 1. The van der Waals surface area contributed by atoms with Crippen LogP contribution in [0.4, 0.5) is 4.39 Å². The first kappa shape index (κ1) is 11.7. The second-order valence-corrected chi connectivity index (χ2v) is 4.03. The SMILES string of the molecule is Cn1nccc1CCC(N)c1cncc(F)c1. The van der Waals surface area contributed by atoms with E-state index in [0.717, 1.165) is 24.1 Å². The molecule has 0 saturated carbocycles. The normalized spacial score (nSPS) is 12.6. The Morgan fingerprint density at radius 2 is 2.29 bits per heavy atom. The van der Waals surface area contributed by atoms with Crippen LogP contribution < -0.4 is 5.73 Å². The van der Waals surface area contributed by atoms with E-state index in [0.29, 0.717) is 0 Å². The van der Waals surface area contributed by atoms with Crippen molar-refractivity contribution in [3.63, 3.8) is 0 Å². The maximum Gasteiger partial charge on any atom is 0.141 e. The minimum atomic E-state index is -0.349. The van der Waals surface area contributed by atoms with Gasteiger partial charge in [0, 0.05) is 31.2 Å². The molecule has 0 aromatic carbocycles. The van der Waals surface area contributed by atoms with E-state index in [1.807, 2.05) is 17.8 Å². The molecule has 0 aliphatic rings. The molecule has 1 atom stereocenters. The van der Waals surface area contributed by atoms with E-state index in [1.54, 1.807) is 12.4 Å². The summed E-state index contributed by atoms with van der Waals surface area (Å²) in [5, 5.41) is 4.08. The molecule has 4 nitrogen and oxygen atoms in total. The smallest absolute Gasteiger partial charge is 0.141 e. The van der Waals surface area contributed by atoms with Gasteiger partial charge in [-0.3, -0.25) is 9.67 Å². The Balaban J connectivity index is 1.98. The molecular formula is C12H15FN4. The van der Waals surface area contributed by atoms with E-state index in [9.17, 15) is 4.39 Å². The standard InChI is InChI=1S/C12H15FN4/c1-17-11(4-5-16-17)2-3-12(14)9-6-10(13)8-15-7-9/h4-8,12H,2-3,14H2,1H3. The lowest BCUT2D eigenvalue weighted by atomic mass is 10.0. The Morgan fingerprint density at radius 3 is 2.94 bits per heavy atom. The van der Waals surface area contributed by atoms with Crippen LogP contribution in [0.1, 0.15) is 23.7 Å². The third-order valence-electron chi connectivity index (χ3n) is 2.79. The Morgan fingerprint density at radius 1 is 1.47 bits per heavy atom. The number of aromatic nitrogens is 3. The Kier molecular flexibility index (Phi) is 3.49. The molecule has 2 aromatic rings. The van der Waals surface area contributed by atoms with Crippen molar-refractivity contribution >= 4 is 0 Å². The van der Waals surface area contributed by atoms with Crippen molar-refractivity contribution in [2.45, 2.75) is 18.9 Å². The zero-order valence-corrected chi connectivity index (χ0v) is 9.68. The molecule has 0 radical (unpaired) electrons. The Bertz CT molecular complexity index is 495. The molecule has 5 heteroatoms. The highest BCUT2D eigenvalue weighted by atomic mass is 19.1. The zero-order valence-electron chi connectivity index (χ0n) is 9.68. The second kappa shape index (κ2) is 5.05. The van der Waals surface area contributed by atoms with Gasteiger partial charge in [-0.15, -0.1) is 0 Å². The van der Waals surface area contributed by atoms with E-state index >= 15 is 0 Å². The van der Waals surface area contributed by atoms with E-state index in [4.69, 9.17) is 5.73 Å². The lowest BCUT2D eigenvalue weighted by molar-refractivity contribution is 0.590. The maximum absolute atomic E-state index is 13.0. The highest BCUT2D eigenvalue weighted by Crippen LogP contribution is 2.16. The van der Waals surface area contributed by atoms with Crippen LogP contribution in [0.3, 0.4) is 0 Å². The molecule has 0 saturated heterocycles. The molecule has 1 unspecified atom stereocenters. The van der Waals surface area contributed by atoms with Gasteiger partial charge >= 0.3 is 0 Å². The van der Waals surface area contributed by atoms with Gasteiger partial charge < -0.3 is 5.73 Å². The summed E-state index contributed by atoms with van der Waals surface area (Å²) in [7, 11) is 1.89. The third-order valence-corrected chi connectivity index (χ3v) is 2.79. The highest BCUT2D eigenvalue weighted by Gasteiger charge is 2.09. The zero-order chi connectivity index (χ0) is 12.3. The maximum atomic E-state index is 13.0. The summed E-state index contributed by atoms with van der Waals surface area (Å²) >= 11 is 0. The summed E-state index contributed by atoms with van der Waals surface area (Å²) in [5.74, 6) is -0.349. The first-order chi connectivity index (χ1) is 8.16. The first-order valence-corrected chi connectivity index (χ1v) is 5.49. The lowest BCUT2D eigenvalue weighted by Crippen LogP contribution is -2.13. The topological polar surface area (TPSA) is 56.7 Å². The summed E-state index contributed by atoms with van der Waals surface area (Å²) in [5.41, 5.74) is 7.84. The van der Waals surface area contributed by atoms with Gasteiger partial charge in [0.05, 0.1) is 6.20 Å². The van der Waals surface area contributed by atoms with Gasteiger partial charge in [-0.25, -0.2) is 4.39 Å². The predicted molar refractivity (Wildman–Crippen MR) is 62.7 cm³/mol. The minimum Gasteiger partial charge on any atom is -0.324 e. The van der Waals surface area contributed by atoms with Gasteiger partial charge in [0.15, 0.2) is 0 Å². The molecule has 0 bridgehead atoms. The van der Waals surface area contributed by atoms with Gasteiger partial charge in [-0.1, -0.05) is 0 Å². The van der Waals surface area contributed by atoms with Crippen LogP contribution >= 0.6 is 0 Å². The molecule has 0 spiro atoms. The fourth-order valence-corrected chi connectivity index (χ4v) is 1.75. The molecule has 17 heavy (non-hydrogen) atoms. The molecular weight excluding hydrogens is 219 g/mol. The van der Waals surface area contributed by atoms with Crippen molar-refractivity contribution in [2.24, 2.45) is 12.8 Å². The van der Waals surface area contributed by atoms with Gasteiger partial charge in [0.25, 0.3) is 0 Å². The fourth-order valence-electron chi connectivity index (χ4n) is 1.75. The molecule has 0 fully saturated rings. The van der Waals surface area contributed by atoms with Crippen LogP contribution in [0.15, 0.2) is 30.7 Å². The average Bonchev–Trinajstić information content (AvgIpc) is 2.72. The number of hydrogen-bond donors (Lipinski definition) is 1. The van der Waals surface area contributed by atoms with Gasteiger partial charge in [0.2, 0.25) is 0 Å². The summed E-state index contributed by atoms with van der Waals surface area (Å²) in [6, 6.07) is 3.19. The van der Waals surface area contributed by atoms with Crippen molar-refractivity contribution in [2.75, 3.05) is 0 Å². The van der Waals surface area contributed by atoms with Crippen LogP contribution in [0.5, 0.6) is 0 Å². The Hall–Kier alpha value is -1.75. The van der Waals surface area contributed by atoms with Crippen LogP contribution in [-0.2, 0) is 13.5 Å². The summed E-state index contributed by atoms with van der Waals surface area (Å²) in [6.07, 6.45) is 6.10. The molecule has 0 aliphatic carbocycles. The van der Waals surface area contributed by atoms with Crippen LogP contribution in [0, 0.1) is 5.82 Å². The monoisotopic (exact) mass is 234 g/mol. The lowest BCUT2D eigenvalue weighted by Gasteiger charge is -2.11. The predicted octanol–water partition coefficient (Wildman–Crippen LogP) is 1.59. The van der Waals surface area contributed by atoms with E-state index < -0.39 is 0 Å². The van der Waals surface area contributed by atoms with E-state index in [1.165, 1.54) is 12.3 Å². The van der Waals surface area contributed by atoms with Crippen molar-refractivity contribution in [1.82, 2.24) is 14.8 Å².